The van der Waals surface area contributed by atoms with Crippen LogP contribution in [0, 0.1) is 0 Å². The summed E-state index contributed by atoms with van der Waals surface area (Å²) in [5.41, 5.74) is 2.06. The van der Waals surface area contributed by atoms with Crippen LogP contribution < -0.4 is 10.6 Å². The number of carbonyl (C=O) groups excluding carboxylic acids is 2. The predicted octanol–water partition coefficient (Wildman–Crippen LogP) is 2.48. The molecule has 31 heavy (non-hydrogen) atoms. The van der Waals surface area contributed by atoms with Crippen LogP contribution in [0.15, 0.2) is 29.2 Å². The molecule has 1 aliphatic rings. The maximum Gasteiger partial charge on any atom is 0.389 e. The Labute approximate surface area is 174 Å². The van der Waals surface area contributed by atoms with Crippen LogP contribution in [0.5, 0.6) is 0 Å². The van der Waals surface area contributed by atoms with Crippen LogP contribution in [-0.2, 0) is 17.9 Å². The van der Waals surface area contributed by atoms with Crippen LogP contribution >= 0.6 is 0 Å². The van der Waals surface area contributed by atoms with Gasteiger partial charge >= 0.3 is 6.18 Å². The van der Waals surface area contributed by atoms with Gasteiger partial charge in [0.15, 0.2) is 11.4 Å². The molecular weight excluding hydrogens is 417 g/mol. The van der Waals surface area contributed by atoms with E-state index in [-0.39, 0.29) is 24.9 Å². The third-order valence-electron chi connectivity index (χ3n) is 4.77. The van der Waals surface area contributed by atoms with Crippen molar-refractivity contribution in [2.24, 2.45) is 0 Å². The second-order valence-corrected chi connectivity index (χ2v) is 7.35. The van der Waals surface area contributed by atoms with E-state index in [1.165, 1.54) is 16.9 Å². The van der Waals surface area contributed by atoms with Crippen molar-refractivity contribution >= 4 is 17.5 Å². The molecule has 2 amide bonds. The Balaban J connectivity index is 1.32. The monoisotopic (exact) mass is 436 g/mol. The van der Waals surface area contributed by atoms with E-state index in [0.29, 0.717) is 28.2 Å². The molecule has 0 spiro atoms. The first-order valence-electron chi connectivity index (χ1n) is 9.68. The van der Waals surface area contributed by atoms with Crippen molar-refractivity contribution < 1.29 is 27.3 Å². The predicted molar refractivity (Wildman–Crippen MR) is 99.8 cm³/mol. The Morgan fingerprint density at radius 3 is 2.74 bits per heavy atom. The molecule has 0 bridgehead atoms. The van der Waals surface area contributed by atoms with Gasteiger partial charge in [-0.05, 0) is 24.5 Å². The van der Waals surface area contributed by atoms with Gasteiger partial charge < -0.3 is 15.2 Å². The van der Waals surface area contributed by atoms with Crippen molar-refractivity contribution in [3.05, 3.63) is 47.2 Å². The summed E-state index contributed by atoms with van der Waals surface area (Å²) in [4.78, 5) is 28.3. The smallest absolute Gasteiger partial charge is 0.360 e. The Hall–Kier alpha value is -3.44. The minimum atomic E-state index is -4.37. The molecule has 1 fully saturated rings. The standard InChI is InChI=1S/C19H19F3N6O3/c20-19(21,22)4-3-16(29)23-6-11-5-15-27-13(10-28(15)25-7-11)8-24-18(30)14-9-26-31-17(14)12-1-2-12/h5,7,9-10,12H,1-4,6,8H2,(H,23,29)(H,24,30). The molecule has 1 saturated carbocycles. The summed E-state index contributed by atoms with van der Waals surface area (Å²) in [6.07, 6.45) is 0.355. The lowest BCUT2D eigenvalue weighted by Crippen LogP contribution is -2.24. The lowest BCUT2D eigenvalue weighted by Gasteiger charge is -2.07. The van der Waals surface area contributed by atoms with Crippen molar-refractivity contribution in [2.75, 3.05) is 0 Å². The summed E-state index contributed by atoms with van der Waals surface area (Å²) in [5.74, 6) is -0.121. The average Bonchev–Trinajstić information content (AvgIpc) is 3.30. The minimum Gasteiger partial charge on any atom is -0.360 e. The number of amides is 2. The van der Waals surface area contributed by atoms with Crippen LogP contribution in [0.25, 0.3) is 5.65 Å². The van der Waals surface area contributed by atoms with Crippen molar-refractivity contribution in [3.8, 4) is 0 Å². The number of alkyl halides is 3. The van der Waals surface area contributed by atoms with E-state index in [0.717, 1.165) is 12.8 Å². The summed E-state index contributed by atoms with van der Waals surface area (Å²) in [5, 5.41) is 13.1. The van der Waals surface area contributed by atoms with Gasteiger partial charge in [-0.15, -0.1) is 0 Å². The molecule has 0 saturated heterocycles. The van der Waals surface area contributed by atoms with Crippen molar-refractivity contribution in [2.45, 2.75) is 50.9 Å². The highest BCUT2D eigenvalue weighted by Crippen LogP contribution is 2.41. The average molecular weight is 436 g/mol. The molecule has 0 atom stereocenters. The first-order valence-corrected chi connectivity index (χ1v) is 9.68. The van der Waals surface area contributed by atoms with Gasteiger partial charge in [-0.3, -0.25) is 9.59 Å². The highest BCUT2D eigenvalue weighted by Gasteiger charge is 2.32. The second kappa shape index (κ2) is 8.36. The fourth-order valence-electron chi connectivity index (χ4n) is 3.02. The molecule has 12 heteroatoms. The third kappa shape index (κ3) is 5.38. The van der Waals surface area contributed by atoms with Gasteiger partial charge in [-0.2, -0.15) is 18.3 Å². The molecule has 1 aliphatic carbocycles. The zero-order chi connectivity index (χ0) is 22.0. The quantitative estimate of drug-likeness (QED) is 0.561. The van der Waals surface area contributed by atoms with Gasteiger partial charge in [0.2, 0.25) is 5.91 Å². The largest absolute Gasteiger partial charge is 0.389 e. The van der Waals surface area contributed by atoms with Gasteiger partial charge in [-0.25, -0.2) is 9.50 Å². The van der Waals surface area contributed by atoms with Crippen LogP contribution in [0.4, 0.5) is 13.2 Å². The molecule has 3 aromatic heterocycles. The zero-order valence-corrected chi connectivity index (χ0v) is 16.3. The molecule has 0 aromatic carbocycles. The number of imidazole rings is 1. The van der Waals surface area contributed by atoms with Crippen molar-refractivity contribution in [1.82, 2.24) is 30.4 Å². The lowest BCUT2D eigenvalue weighted by atomic mass is 10.2. The molecule has 3 heterocycles. The number of fused-ring (bicyclic) bond motifs is 1. The highest BCUT2D eigenvalue weighted by molar-refractivity contribution is 5.95. The SMILES string of the molecule is O=C(CCC(F)(F)F)NCc1cnn2cc(CNC(=O)c3cnoc3C3CC3)nc2c1. The molecule has 0 unspecified atom stereocenters. The number of hydrogen-bond donors (Lipinski definition) is 2. The fourth-order valence-corrected chi connectivity index (χ4v) is 3.02. The Morgan fingerprint density at radius 1 is 1.19 bits per heavy atom. The molecule has 0 radical (unpaired) electrons. The van der Waals surface area contributed by atoms with E-state index >= 15 is 0 Å². The van der Waals surface area contributed by atoms with E-state index in [9.17, 15) is 22.8 Å². The van der Waals surface area contributed by atoms with Crippen LogP contribution in [0.1, 0.15) is 59.0 Å². The van der Waals surface area contributed by atoms with E-state index < -0.39 is 24.9 Å². The number of carbonyl (C=O) groups is 2. The van der Waals surface area contributed by atoms with Gasteiger partial charge in [0, 0.05) is 18.9 Å². The molecule has 2 N–H and O–H groups in total. The van der Waals surface area contributed by atoms with Crippen LogP contribution in [-0.4, -0.2) is 37.7 Å². The second-order valence-electron chi connectivity index (χ2n) is 7.35. The summed E-state index contributed by atoms with van der Waals surface area (Å²) in [6, 6.07) is 1.66. The van der Waals surface area contributed by atoms with E-state index in [1.807, 2.05) is 0 Å². The number of nitrogens with zero attached hydrogens (tertiary/aromatic N) is 4. The summed E-state index contributed by atoms with van der Waals surface area (Å²) < 4.78 is 43.2. The van der Waals surface area contributed by atoms with Crippen LogP contribution in [0.2, 0.25) is 0 Å². The summed E-state index contributed by atoms with van der Waals surface area (Å²) >= 11 is 0. The third-order valence-corrected chi connectivity index (χ3v) is 4.77. The Kier molecular flexibility index (Phi) is 5.61. The fraction of sp³-hybridized carbons (Fsp3) is 0.421. The van der Waals surface area contributed by atoms with Crippen molar-refractivity contribution in [3.63, 3.8) is 0 Å². The molecule has 4 rings (SSSR count). The van der Waals surface area contributed by atoms with E-state index in [1.54, 1.807) is 12.3 Å². The molecule has 9 nitrogen and oxygen atoms in total. The lowest BCUT2D eigenvalue weighted by molar-refractivity contribution is -0.144. The number of rotatable bonds is 8. The molecule has 164 valence electrons. The van der Waals surface area contributed by atoms with Gasteiger partial charge in [-0.1, -0.05) is 5.16 Å². The summed E-state index contributed by atoms with van der Waals surface area (Å²) in [7, 11) is 0. The normalized spacial score (nSPS) is 14.0. The maximum absolute atomic E-state index is 12.4. The zero-order valence-electron chi connectivity index (χ0n) is 16.3. The first-order chi connectivity index (χ1) is 14.8. The minimum absolute atomic E-state index is 0.0382. The molecule has 3 aromatic rings. The molecular formula is C19H19F3N6O3. The Morgan fingerprint density at radius 2 is 2.00 bits per heavy atom. The molecule has 0 aliphatic heterocycles. The number of hydrogen-bond acceptors (Lipinski definition) is 6. The van der Waals surface area contributed by atoms with Gasteiger partial charge in [0.05, 0.1) is 37.3 Å². The van der Waals surface area contributed by atoms with Crippen LogP contribution in [0.3, 0.4) is 0 Å². The highest BCUT2D eigenvalue weighted by atomic mass is 19.4. The number of nitrogens with one attached hydrogen (secondary N) is 2. The van der Waals surface area contributed by atoms with E-state index in [2.05, 4.69) is 25.9 Å². The van der Waals surface area contributed by atoms with E-state index in [4.69, 9.17) is 4.52 Å². The maximum atomic E-state index is 12.4. The topological polar surface area (TPSA) is 114 Å². The summed E-state index contributed by atoms with van der Waals surface area (Å²) in [6.45, 7) is 0.206. The van der Waals surface area contributed by atoms with Crippen molar-refractivity contribution in [1.29, 1.82) is 0 Å². The number of aromatic nitrogens is 4. The Bertz CT molecular complexity index is 1100. The van der Waals surface area contributed by atoms with Gasteiger partial charge in [0.1, 0.15) is 5.56 Å². The first kappa shape index (κ1) is 20.8. The number of halogens is 3. The van der Waals surface area contributed by atoms with Gasteiger partial charge in [0.25, 0.3) is 5.91 Å².